The second kappa shape index (κ2) is 20.4. The number of aryl methyl sites for hydroxylation is 1. The Hall–Kier alpha value is -6.16. The standard InChI is InChI=1S/C46H58N8O7/c1-8-59-45(55)36(48)24-35(47)30-14-16-40(34(22-30)28(3)4)61-33-15-13-32(41(23-33)57-7)27-50-44-43(49-6)38(53-17-19-58-20-18-53)26-42(51-44)54-39(46(56)60-9-2)25-37(52-54)31-12-10-11-29(5)21-31/h10-13,15,21-26,28,45,47,49,55H,8-9,14,16-20,27,48H2,1-7H3,(H,50,51)/b36-24-,47-35?. The number of nitrogens with zero attached hydrogens (tertiary/aromatic N) is 4. The van der Waals surface area contributed by atoms with Crippen LogP contribution in [-0.2, 0) is 20.8 Å². The summed E-state index contributed by atoms with van der Waals surface area (Å²) in [5.74, 6) is 2.66. The van der Waals surface area contributed by atoms with E-state index in [0.717, 1.165) is 45.0 Å². The number of aliphatic hydroxyl groups is 1. The Morgan fingerprint density at radius 1 is 1.08 bits per heavy atom. The number of morpholine rings is 1. The molecule has 2 aliphatic rings. The number of pyridine rings is 1. The van der Waals surface area contributed by atoms with Gasteiger partial charge >= 0.3 is 5.97 Å². The van der Waals surface area contributed by atoms with Crippen LogP contribution in [0, 0.1) is 18.3 Å². The van der Waals surface area contributed by atoms with Crippen LogP contribution < -0.4 is 30.7 Å². The molecule has 0 saturated carbocycles. The molecule has 15 heteroatoms. The monoisotopic (exact) mass is 834 g/mol. The molecular weight excluding hydrogens is 777 g/mol. The fraction of sp³-hybridized carbons (Fsp3) is 0.391. The number of carbonyl (C=O) groups excluding carboxylic acids is 1. The first-order valence-electron chi connectivity index (χ1n) is 20.7. The van der Waals surface area contributed by atoms with E-state index in [1.165, 1.54) is 6.08 Å². The first-order chi connectivity index (χ1) is 29.4. The molecular formula is C46H58N8O7. The number of aromatic nitrogens is 3. The predicted molar refractivity (Wildman–Crippen MR) is 238 cm³/mol. The van der Waals surface area contributed by atoms with Crippen LogP contribution in [0.1, 0.15) is 62.2 Å². The molecule has 15 nitrogen and oxygen atoms in total. The average molecular weight is 835 g/mol. The normalized spacial score (nSPS) is 15.1. The highest BCUT2D eigenvalue weighted by atomic mass is 16.6. The third-order valence-corrected chi connectivity index (χ3v) is 10.4. The number of ether oxygens (including phenoxy) is 5. The number of anilines is 3. The lowest BCUT2D eigenvalue weighted by Gasteiger charge is -2.31. The van der Waals surface area contributed by atoms with Crippen molar-refractivity contribution in [3.8, 4) is 28.6 Å². The SMILES string of the molecule is CCOC(=O)c1cc(-c2cccc(C)c2)nn1-c1cc(N2CCOCC2)c(NC)c(NCc2ccc(OC3=C(C(C)C)C=C(C(=N)/C=C(\N)C(O)OCC)CC3)cc2OC)n1. The van der Waals surface area contributed by atoms with E-state index >= 15 is 0 Å². The summed E-state index contributed by atoms with van der Waals surface area (Å²) in [5, 5.41) is 30.6. The number of hydrogen-bond donors (Lipinski definition) is 5. The molecule has 1 aliphatic carbocycles. The molecule has 6 rings (SSSR count). The zero-order valence-corrected chi connectivity index (χ0v) is 36.1. The summed E-state index contributed by atoms with van der Waals surface area (Å²) in [7, 11) is 3.48. The van der Waals surface area contributed by atoms with Crippen LogP contribution in [0.15, 0.2) is 89.4 Å². The number of nitrogens with two attached hydrogens (primary N) is 1. The Balaban J connectivity index is 1.31. The molecule has 61 heavy (non-hydrogen) atoms. The molecule has 0 radical (unpaired) electrons. The van der Waals surface area contributed by atoms with Crippen LogP contribution >= 0.6 is 0 Å². The summed E-state index contributed by atoms with van der Waals surface area (Å²) in [6.45, 7) is 13.1. The van der Waals surface area contributed by atoms with E-state index in [9.17, 15) is 9.90 Å². The topological polar surface area (TPSA) is 191 Å². The number of aliphatic hydroxyl groups excluding tert-OH is 1. The highest BCUT2D eigenvalue weighted by molar-refractivity contribution is 6.07. The van der Waals surface area contributed by atoms with Gasteiger partial charge in [0.15, 0.2) is 23.6 Å². The maximum absolute atomic E-state index is 13.4. The van der Waals surface area contributed by atoms with Gasteiger partial charge in [-0.25, -0.2) is 14.5 Å². The molecule has 2 aromatic carbocycles. The van der Waals surface area contributed by atoms with Crippen molar-refractivity contribution in [3.63, 3.8) is 0 Å². The number of hydrogen-bond acceptors (Lipinski definition) is 14. The fourth-order valence-electron chi connectivity index (χ4n) is 7.29. The van der Waals surface area contributed by atoms with E-state index in [-0.39, 0.29) is 29.6 Å². The summed E-state index contributed by atoms with van der Waals surface area (Å²) in [5.41, 5.74) is 13.4. The van der Waals surface area contributed by atoms with Crippen LogP contribution in [0.3, 0.4) is 0 Å². The van der Waals surface area contributed by atoms with Crippen molar-refractivity contribution >= 4 is 28.9 Å². The van der Waals surface area contributed by atoms with Gasteiger partial charge in [0.05, 0.1) is 49.7 Å². The van der Waals surface area contributed by atoms with Crippen molar-refractivity contribution < 1.29 is 33.6 Å². The van der Waals surface area contributed by atoms with Gasteiger partial charge in [0.2, 0.25) is 0 Å². The first-order valence-corrected chi connectivity index (χ1v) is 20.7. The van der Waals surface area contributed by atoms with Gasteiger partial charge in [0, 0.05) is 63.0 Å². The molecule has 0 spiro atoms. The summed E-state index contributed by atoms with van der Waals surface area (Å²) in [6, 6.07) is 17.4. The molecule has 1 unspecified atom stereocenters. The zero-order valence-electron chi connectivity index (χ0n) is 36.1. The van der Waals surface area contributed by atoms with Gasteiger partial charge < -0.3 is 55.5 Å². The maximum atomic E-state index is 13.4. The largest absolute Gasteiger partial charge is 0.496 e. The molecule has 2 aromatic heterocycles. The molecule has 1 fully saturated rings. The Labute approximate surface area is 357 Å². The van der Waals surface area contributed by atoms with Gasteiger partial charge in [-0.15, -0.1) is 0 Å². The summed E-state index contributed by atoms with van der Waals surface area (Å²) >= 11 is 0. The van der Waals surface area contributed by atoms with E-state index < -0.39 is 12.3 Å². The van der Waals surface area contributed by atoms with E-state index in [1.807, 2.05) is 68.6 Å². The van der Waals surface area contributed by atoms with Crippen molar-refractivity contribution in [1.29, 1.82) is 5.41 Å². The third-order valence-electron chi connectivity index (χ3n) is 10.4. The van der Waals surface area contributed by atoms with Crippen LogP contribution in [0.5, 0.6) is 11.5 Å². The molecule has 4 aromatic rings. The Kier molecular flexibility index (Phi) is 14.8. The van der Waals surface area contributed by atoms with E-state index in [2.05, 4.69) is 29.4 Å². The Morgan fingerprint density at radius 3 is 2.56 bits per heavy atom. The van der Waals surface area contributed by atoms with Gasteiger partial charge in [0.1, 0.15) is 22.9 Å². The summed E-state index contributed by atoms with van der Waals surface area (Å²) in [4.78, 5) is 20.7. The minimum absolute atomic E-state index is 0.0864. The molecule has 1 atom stereocenters. The zero-order chi connectivity index (χ0) is 43.6. The molecule has 1 aliphatic heterocycles. The van der Waals surface area contributed by atoms with Crippen LogP contribution in [0.2, 0.25) is 0 Å². The Morgan fingerprint density at radius 2 is 1.87 bits per heavy atom. The van der Waals surface area contributed by atoms with Gasteiger partial charge in [-0.05, 0) is 74.6 Å². The maximum Gasteiger partial charge on any atom is 0.357 e. The van der Waals surface area contributed by atoms with Gasteiger partial charge in [-0.2, -0.15) is 5.10 Å². The van der Waals surface area contributed by atoms with Crippen molar-refractivity contribution in [1.82, 2.24) is 14.8 Å². The molecule has 3 heterocycles. The van der Waals surface area contributed by atoms with Crippen LogP contribution in [-0.4, -0.2) is 91.5 Å². The van der Waals surface area contributed by atoms with Crippen LogP contribution in [0.25, 0.3) is 17.1 Å². The van der Waals surface area contributed by atoms with Crippen molar-refractivity contribution in [2.75, 3.05) is 69.2 Å². The van der Waals surface area contributed by atoms with Gasteiger partial charge in [-0.1, -0.05) is 43.7 Å². The summed E-state index contributed by atoms with van der Waals surface area (Å²) in [6.07, 6.45) is 3.31. The lowest BCUT2D eigenvalue weighted by atomic mass is 9.89. The van der Waals surface area contributed by atoms with Gasteiger partial charge in [0.25, 0.3) is 0 Å². The highest BCUT2D eigenvalue weighted by Gasteiger charge is 2.26. The van der Waals surface area contributed by atoms with E-state index in [4.69, 9.17) is 44.9 Å². The van der Waals surface area contributed by atoms with E-state index in [1.54, 1.807) is 31.7 Å². The minimum atomic E-state index is -1.26. The molecule has 1 saturated heterocycles. The second-order valence-corrected chi connectivity index (χ2v) is 15.0. The van der Waals surface area contributed by atoms with E-state index in [0.29, 0.717) is 81.1 Å². The number of allylic oxidation sites excluding steroid dienone is 5. The minimum Gasteiger partial charge on any atom is -0.496 e. The molecule has 324 valence electrons. The number of rotatable bonds is 18. The quantitative estimate of drug-likeness (QED) is 0.0386. The number of carbonyl (C=O) groups is 1. The van der Waals surface area contributed by atoms with Crippen molar-refractivity contribution in [2.24, 2.45) is 11.7 Å². The lowest BCUT2D eigenvalue weighted by molar-refractivity contribution is -0.0678. The first kappa shape index (κ1) is 44.4. The highest BCUT2D eigenvalue weighted by Crippen LogP contribution is 2.37. The van der Waals surface area contributed by atoms with Crippen LogP contribution in [0.4, 0.5) is 17.2 Å². The number of benzene rings is 2. The second-order valence-electron chi connectivity index (χ2n) is 15.0. The fourth-order valence-corrected chi connectivity index (χ4v) is 7.29. The number of esters is 1. The molecule has 0 amide bonds. The smallest absolute Gasteiger partial charge is 0.357 e. The average Bonchev–Trinajstić information content (AvgIpc) is 3.72. The predicted octanol–water partition coefficient (Wildman–Crippen LogP) is 7.14. The number of nitrogens with one attached hydrogen (secondary N) is 3. The molecule has 6 N–H and O–H groups in total. The summed E-state index contributed by atoms with van der Waals surface area (Å²) < 4.78 is 30.3. The third kappa shape index (κ3) is 10.6. The van der Waals surface area contributed by atoms with Gasteiger partial charge in [-0.3, -0.25) is 0 Å². The lowest BCUT2D eigenvalue weighted by Crippen LogP contribution is -2.37. The van der Waals surface area contributed by atoms with Crippen molar-refractivity contribution in [3.05, 3.63) is 106 Å². The molecule has 0 bridgehead atoms. The Bertz CT molecular complexity index is 2310. The van der Waals surface area contributed by atoms with Crippen molar-refractivity contribution in [2.45, 2.75) is 60.3 Å². The number of methoxy groups -OCH3 is 1.